The SMILES string of the molecule is CCOC(=O)C(C)NCCC(C)SC. The summed E-state index contributed by atoms with van der Waals surface area (Å²) in [6.07, 6.45) is 3.17. The van der Waals surface area contributed by atoms with Crippen LogP contribution in [0.1, 0.15) is 27.2 Å². The second kappa shape index (κ2) is 8.12. The third-order valence-corrected chi connectivity index (χ3v) is 3.08. The molecule has 0 rings (SSSR count). The molecule has 14 heavy (non-hydrogen) atoms. The number of carbonyl (C=O) groups excluding carboxylic acids is 1. The quantitative estimate of drug-likeness (QED) is 0.661. The molecular formula is C10H21NO2S. The number of ether oxygens (including phenoxy) is 1. The van der Waals surface area contributed by atoms with Gasteiger partial charge in [0.15, 0.2) is 0 Å². The molecular weight excluding hydrogens is 198 g/mol. The molecule has 1 N–H and O–H groups in total. The van der Waals surface area contributed by atoms with Gasteiger partial charge in [0.2, 0.25) is 0 Å². The van der Waals surface area contributed by atoms with E-state index in [1.54, 1.807) is 0 Å². The maximum Gasteiger partial charge on any atom is 0.322 e. The minimum Gasteiger partial charge on any atom is -0.465 e. The molecule has 0 fully saturated rings. The van der Waals surface area contributed by atoms with Gasteiger partial charge < -0.3 is 10.1 Å². The van der Waals surface area contributed by atoms with E-state index in [1.807, 2.05) is 25.6 Å². The summed E-state index contributed by atoms with van der Waals surface area (Å²) < 4.78 is 4.88. The van der Waals surface area contributed by atoms with E-state index < -0.39 is 0 Å². The first-order valence-corrected chi connectivity index (χ1v) is 6.33. The van der Waals surface area contributed by atoms with Gasteiger partial charge in [0, 0.05) is 5.25 Å². The van der Waals surface area contributed by atoms with Crippen LogP contribution in [0, 0.1) is 0 Å². The first-order chi connectivity index (χ1) is 6.61. The summed E-state index contributed by atoms with van der Waals surface area (Å²) in [5.41, 5.74) is 0. The fourth-order valence-electron chi connectivity index (χ4n) is 0.972. The molecule has 0 heterocycles. The molecule has 0 aliphatic heterocycles. The van der Waals surface area contributed by atoms with Crippen molar-refractivity contribution in [3.05, 3.63) is 0 Å². The summed E-state index contributed by atoms with van der Waals surface area (Å²) in [4.78, 5) is 11.2. The average molecular weight is 219 g/mol. The molecule has 0 aliphatic carbocycles. The average Bonchev–Trinajstić information content (AvgIpc) is 2.17. The Labute approximate surface area is 91.0 Å². The number of hydrogen-bond acceptors (Lipinski definition) is 4. The lowest BCUT2D eigenvalue weighted by atomic mass is 10.3. The summed E-state index contributed by atoms with van der Waals surface area (Å²) in [5, 5.41) is 3.78. The van der Waals surface area contributed by atoms with Crippen LogP contribution in [0.15, 0.2) is 0 Å². The Balaban J connectivity index is 3.52. The lowest BCUT2D eigenvalue weighted by Gasteiger charge is -2.14. The fourth-order valence-corrected chi connectivity index (χ4v) is 1.33. The van der Waals surface area contributed by atoms with Gasteiger partial charge in [-0.2, -0.15) is 11.8 Å². The molecule has 2 unspecified atom stereocenters. The number of rotatable bonds is 7. The van der Waals surface area contributed by atoms with Crippen LogP contribution in [0.5, 0.6) is 0 Å². The van der Waals surface area contributed by atoms with E-state index in [1.165, 1.54) is 0 Å². The number of carbonyl (C=O) groups is 1. The van der Waals surface area contributed by atoms with Crippen molar-refractivity contribution in [2.75, 3.05) is 19.4 Å². The molecule has 0 bridgehead atoms. The second-order valence-electron chi connectivity index (χ2n) is 3.26. The van der Waals surface area contributed by atoms with Crippen LogP contribution in [-0.4, -0.2) is 36.7 Å². The molecule has 0 aromatic rings. The van der Waals surface area contributed by atoms with E-state index >= 15 is 0 Å². The van der Waals surface area contributed by atoms with Crippen molar-refractivity contribution in [3.8, 4) is 0 Å². The smallest absolute Gasteiger partial charge is 0.322 e. The lowest BCUT2D eigenvalue weighted by Crippen LogP contribution is -2.36. The Kier molecular flexibility index (Phi) is 7.99. The molecule has 0 aliphatic rings. The normalized spacial score (nSPS) is 14.9. The second-order valence-corrected chi connectivity index (χ2v) is 4.54. The Morgan fingerprint density at radius 3 is 2.64 bits per heavy atom. The topological polar surface area (TPSA) is 38.3 Å². The largest absolute Gasteiger partial charge is 0.465 e. The highest BCUT2D eigenvalue weighted by Gasteiger charge is 2.12. The minimum atomic E-state index is -0.191. The van der Waals surface area contributed by atoms with Gasteiger partial charge in [-0.3, -0.25) is 4.79 Å². The van der Waals surface area contributed by atoms with Gasteiger partial charge in [-0.15, -0.1) is 0 Å². The molecule has 0 aromatic carbocycles. The van der Waals surface area contributed by atoms with Gasteiger partial charge in [-0.25, -0.2) is 0 Å². The summed E-state index contributed by atoms with van der Waals surface area (Å²) >= 11 is 1.84. The summed E-state index contributed by atoms with van der Waals surface area (Å²) in [6, 6.07) is -0.191. The first-order valence-electron chi connectivity index (χ1n) is 5.04. The van der Waals surface area contributed by atoms with Crippen molar-refractivity contribution in [1.29, 1.82) is 0 Å². The molecule has 2 atom stereocenters. The van der Waals surface area contributed by atoms with E-state index in [0.29, 0.717) is 11.9 Å². The third-order valence-electron chi connectivity index (χ3n) is 2.04. The number of hydrogen-bond donors (Lipinski definition) is 1. The van der Waals surface area contributed by atoms with Gasteiger partial charge in [0.05, 0.1) is 6.61 Å². The van der Waals surface area contributed by atoms with Crippen molar-refractivity contribution in [2.24, 2.45) is 0 Å². The van der Waals surface area contributed by atoms with Crippen LogP contribution in [0.4, 0.5) is 0 Å². The Morgan fingerprint density at radius 2 is 2.14 bits per heavy atom. The zero-order valence-corrected chi connectivity index (χ0v) is 10.3. The van der Waals surface area contributed by atoms with E-state index in [9.17, 15) is 4.79 Å². The number of nitrogens with one attached hydrogen (secondary N) is 1. The van der Waals surface area contributed by atoms with Crippen LogP contribution in [0.3, 0.4) is 0 Å². The maximum atomic E-state index is 11.2. The number of esters is 1. The molecule has 0 amide bonds. The zero-order valence-electron chi connectivity index (χ0n) is 9.50. The van der Waals surface area contributed by atoms with Gasteiger partial charge >= 0.3 is 5.97 Å². The molecule has 4 heteroatoms. The summed E-state index contributed by atoms with van der Waals surface area (Å²) in [5.74, 6) is -0.163. The summed E-state index contributed by atoms with van der Waals surface area (Å²) in [6.45, 7) is 7.15. The Bertz CT molecular complexity index is 164. The number of thioether (sulfide) groups is 1. The third kappa shape index (κ3) is 6.27. The van der Waals surface area contributed by atoms with Crippen LogP contribution < -0.4 is 5.32 Å². The van der Waals surface area contributed by atoms with Gasteiger partial charge in [-0.05, 0) is 33.1 Å². The minimum absolute atomic E-state index is 0.163. The highest BCUT2D eigenvalue weighted by molar-refractivity contribution is 7.99. The van der Waals surface area contributed by atoms with Crippen LogP contribution in [-0.2, 0) is 9.53 Å². The van der Waals surface area contributed by atoms with Crippen molar-refractivity contribution in [2.45, 2.75) is 38.5 Å². The molecule has 0 radical (unpaired) electrons. The lowest BCUT2D eigenvalue weighted by molar-refractivity contribution is -0.145. The maximum absolute atomic E-state index is 11.2. The Morgan fingerprint density at radius 1 is 1.50 bits per heavy atom. The van der Waals surface area contributed by atoms with Gasteiger partial charge in [-0.1, -0.05) is 6.92 Å². The van der Waals surface area contributed by atoms with Crippen LogP contribution in [0.25, 0.3) is 0 Å². The molecule has 0 saturated heterocycles. The van der Waals surface area contributed by atoms with Gasteiger partial charge in [0.1, 0.15) is 6.04 Å². The molecule has 0 spiro atoms. The van der Waals surface area contributed by atoms with E-state index in [0.717, 1.165) is 13.0 Å². The van der Waals surface area contributed by atoms with Crippen LogP contribution in [0.2, 0.25) is 0 Å². The molecule has 3 nitrogen and oxygen atoms in total. The molecule has 0 aromatic heterocycles. The van der Waals surface area contributed by atoms with Crippen molar-refractivity contribution >= 4 is 17.7 Å². The van der Waals surface area contributed by atoms with Crippen molar-refractivity contribution in [1.82, 2.24) is 5.32 Å². The van der Waals surface area contributed by atoms with E-state index in [2.05, 4.69) is 18.5 Å². The molecule has 84 valence electrons. The predicted octanol–water partition coefficient (Wildman–Crippen LogP) is 1.67. The van der Waals surface area contributed by atoms with Crippen LogP contribution >= 0.6 is 11.8 Å². The highest BCUT2D eigenvalue weighted by atomic mass is 32.2. The van der Waals surface area contributed by atoms with E-state index in [-0.39, 0.29) is 12.0 Å². The first kappa shape index (κ1) is 13.8. The zero-order chi connectivity index (χ0) is 11.0. The van der Waals surface area contributed by atoms with Crippen molar-refractivity contribution < 1.29 is 9.53 Å². The predicted molar refractivity (Wildman–Crippen MR) is 61.7 cm³/mol. The van der Waals surface area contributed by atoms with Crippen molar-refractivity contribution in [3.63, 3.8) is 0 Å². The monoisotopic (exact) mass is 219 g/mol. The fraction of sp³-hybridized carbons (Fsp3) is 0.900. The van der Waals surface area contributed by atoms with Gasteiger partial charge in [0.25, 0.3) is 0 Å². The summed E-state index contributed by atoms with van der Waals surface area (Å²) in [7, 11) is 0. The standard InChI is InChI=1S/C10H21NO2S/c1-5-13-10(12)9(3)11-7-6-8(2)14-4/h8-9,11H,5-7H2,1-4H3. The highest BCUT2D eigenvalue weighted by Crippen LogP contribution is 2.08. The Hall–Kier alpha value is -0.220. The molecule has 0 saturated carbocycles. The van der Waals surface area contributed by atoms with E-state index in [4.69, 9.17) is 4.74 Å².